The summed E-state index contributed by atoms with van der Waals surface area (Å²) in [6, 6.07) is 6.87. The van der Waals surface area contributed by atoms with Crippen molar-refractivity contribution >= 4 is 33.0 Å². The van der Waals surface area contributed by atoms with Crippen molar-refractivity contribution in [2.75, 3.05) is 4.72 Å². The fourth-order valence-electron chi connectivity index (χ4n) is 1.74. The molecule has 0 saturated carbocycles. The Labute approximate surface area is 130 Å². The summed E-state index contributed by atoms with van der Waals surface area (Å²) in [4.78, 5) is 9.55. The highest BCUT2D eigenvalue weighted by Crippen LogP contribution is 2.28. The first-order chi connectivity index (χ1) is 10.2. The molecule has 0 aliphatic carbocycles. The maximum atomic E-state index is 13.6. The Kier molecular flexibility index (Phi) is 4.34. The molecule has 2 rings (SSSR count). The van der Waals surface area contributed by atoms with Gasteiger partial charge in [-0.2, -0.15) is 0 Å². The van der Waals surface area contributed by atoms with Crippen LogP contribution >= 0.6 is 11.6 Å². The highest BCUT2D eigenvalue weighted by atomic mass is 35.5. The Hall–Kier alpha value is -2.19. The average molecular weight is 345 g/mol. The van der Waals surface area contributed by atoms with E-state index in [1.165, 1.54) is 12.1 Å². The zero-order valence-corrected chi connectivity index (χ0v) is 12.8. The molecule has 0 radical (unpaired) electrons. The summed E-state index contributed by atoms with van der Waals surface area (Å²) in [7, 11) is -4.17. The van der Waals surface area contributed by atoms with Gasteiger partial charge in [0.15, 0.2) is 0 Å². The minimum Gasteiger partial charge on any atom is -0.277 e. The molecule has 0 aromatic heterocycles. The Balaban J connectivity index is 2.43. The summed E-state index contributed by atoms with van der Waals surface area (Å²) >= 11 is 5.78. The second kappa shape index (κ2) is 5.90. The molecule has 1 N–H and O–H groups in total. The maximum absolute atomic E-state index is 13.6. The number of benzene rings is 2. The molecule has 2 aromatic carbocycles. The molecule has 0 heterocycles. The molecule has 22 heavy (non-hydrogen) atoms. The predicted octanol–water partition coefficient (Wildman–Crippen LogP) is 3.50. The van der Waals surface area contributed by atoms with Gasteiger partial charge in [0, 0.05) is 12.1 Å². The van der Waals surface area contributed by atoms with Crippen molar-refractivity contribution in [1.82, 2.24) is 0 Å². The van der Waals surface area contributed by atoms with Crippen molar-refractivity contribution in [2.45, 2.75) is 11.8 Å². The van der Waals surface area contributed by atoms with E-state index in [9.17, 15) is 22.9 Å². The number of rotatable bonds is 4. The number of halogens is 2. The highest BCUT2D eigenvalue weighted by Gasteiger charge is 2.21. The summed E-state index contributed by atoms with van der Waals surface area (Å²) in [5, 5.41) is 10.3. The van der Waals surface area contributed by atoms with Crippen LogP contribution in [-0.2, 0) is 10.0 Å². The number of nitrogens with one attached hydrogen (secondary N) is 1. The number of non-ortho nitro benzene ring substituents is 1. The Bertz CT molecular complexity index is 855. The number of anilines is 1. The minimum atomic E-state index is -4.17. The van der Waals surface area contributed by atoms with Crippen molar-refractivity contribution < 1.29 is 17.7 Å². The molecule has 0 unspecified atom stereocenters. The Morgan fingerprint density at radius 1 is 1.23 bits per heavy atom. The Morgan fingerprint density at radius 3 is 2.50 bits per heavy atom. The van der Waals surface area contributed by atoms with Gasteiger partial charge in [0.2, 0.25) is 0 Å². The summed E-state index contributed by atoms with van der Waals surface area (Å²) in [5.41, 5.74) is 0.0917. The van der Waals surface area contributed by atoms with Crippen molar-refractivity contribution in [3.8, 4) is 0 Å². The van der Waals surface area contributed by atoms with Gasteiger partial charge in [-0.15, -0.1) is 0 Å². The topological polar surface area (TPSA) is 89.3 Å². The number of hydrogen-bond donors (Lipinski definition) is 1. The second-order valence-corrected chi connectivity index (χ2v) is 6.52. The van der Waals surface area contributed by atoms with Crippen LogP contribution in [0.4, 0.5) is 15.8 Å². The third kappa shape index (κ3) is 3.34. The SMILES string of the molecule is Cc1ccc(F)c(NS(=O)(=O)c2ccc([N+](=O)[O-])cc2Cl)c1. The number of nitrogens with zero attached hydrogens (tertiary/aromatic N) is 1. The van der Waals surface area contributed by atoms with E-state index in [0.29, 0.717) is 5.56 Å². The number of nitro groups is 1. The molecule has 0 fully saturated rings. The van der Waals surface area contributed by atoms with Gasteiger partial charge < -0.3 is 0 Å². The number of sulfonamides is 1. The van der Waals surface area contributed by atoms with Crippen LogP contribution in [0.15, 0.2) is 41.3 Å². The molecule has 0 aliphatic rings. The van der Waals surface area contributed by atoms with E-state index in [2.05, 4.69) is 4.72 Å². The minimum absolute atomic E-state index is 0.227. The van der Waals surface area contributed by atoms with Crippen LogP contribution in [-0.4, -0.2) is 13.3 Å². The van der Waals surface area contributed by atoms with Crippen LogP contribution in [0.2, 0.25) is 5.02 Å². The van der Waals surface area contributed by atoms with Gasteiger partial charge in [0.05, 0.1) is 15.6 Å². The molecule has 0 spiro atoms. The fourth-order valence-corrected chi connectivity index (χ4v) is 3.34. The van der Waals surface area contributed by atoms with Crippen molar-refractivity contribution in [3.63, 3.8) is 0 Å². The van der Waals surface area contributed by atoms with Crippen LogP contribution in [0.5, 0.6) is 0 Å². The standard InChI is InChI=1S/C13H10ClFN2O4S/c1-8-2-4-11(15)12(6-8)16-22(20,21)13-5-3-9(17(18)19)7-10(13)14/h2-7,16H,1H3. The molecule has 0 atom stereocenters. The van der Waals surface area contributed by atoms with E-state index >= 15 is 0 Å². The van der Waals surface area contributed by atoms with Crippen LogP contribution in [0.1, 0.15) is 5.56 Å². The largest absolute Gasteiger partial charge is 0.277 e. The summed E-state index contributed by atoms with van der Waals surface area (Å²) in [5.74, 6) is -0.743. The van der Waals surface area contributed by atoms with Gasteiger partial charge in [-0.05, 0) is 30.7 Å². The van der Waals surface area contributed by atoms with Gasteiger partial charge >= 0.3 is 0 Å². The smallest absolute Gasteiger partial charge is 0.271 e. The van der Waals surface area contributed by atoms with Gasteiger partial charge in [-0.3, -0.25) is 14.8 Å². The van der Waals surface area contributed by atoms with E-state index in [4.69, 9.17) is 11.6 Å². The van der Waals surface area contributed by atoms with Crippen molar-refractivity contribution in [3.05, 3.63) is 62.9 Å². The monoisotopic (exact) mass is 344 g/mol. The first-order valence-electron chi connectivity index (χ1n) is 5.93. The first-order valence-corrected chi connectivity index (χ1v) is 7.80. The van der Waals surface area contributed by atoms with Crippen molar-refractivity contribution in [1.29, 1.82) is 0 Å². The molecule has 0 amide bonds. The van der Waals surface area contributed by atoms with E-state index in [1.54, 1.807) is 6.92 Å². The number of aryl methyl sites for hydroxylation is 1. The molecular formula is C13H10ClFN2O4S. The van der Waals surface area contributed by atoms with Crippen molar-refractivity contribution in [2.24, 2.45) is 0 Å². The van der Waals surface area contributed by atoms with E-state index in [1.807, 2.05) is 0 Å². The summed E-state index contributed by atoms with van der Waals surface area (Å²) in [6.07, 6.45) is 0. The van der Waals surface area contributed by atoms with Gasteiger partial charge in [-0.25, -0.2) is 12.8 Å². The second-order valence-electron chi connectivity index (χ2n) is 4.46. The third-order valence-electron chi connectivity index (χ3n) is 2.78. The lowest BCUT2D eigenvalue weighted by atomic mass is 10.2. The molecule has 116 valence electrons. The predicted molar refractivity (Wildman–Crippen MR) is 80.1 cm³/mol. The molecule has 0 aliphatic heterocycles. The summed E-state index contributed by atoms with van der Waals surface area (Å²) in [6.45, 7) is 1.68. The fraction of sp³-hybridized carbons (Fsp3) is 0.0769. The van der Waals surface area contributed by atoms with E-state index in [0.717, 1.165) is 24.3 Å². The average Bonchev–Trinajstić information content (AvgIpc) is 2.42. The van der Waals surface area contributed by atoms with Gasteiger partial charge in [-0.1, -0.05) is 17.7 Å². The normalized spacial score (nSPS) is 11.2. The molecule has 0 bridgehead atoms. The number of hydrogen-bond acceptors (Lipinski definition) is 4. The first kappa shape index (κ1) is 16.2. The van der Waals surface area contributed by atoms with E-state index < -0.39 is 20.8 Å². The molecule has 9 heteroatoms. The molecular weight excluding hydrogens is 335 g/mol. The quantitative estimate of drug-likeness (QED) is 0.679. The molecule has 2 aromatic rings. The van der Waals surface area contributed by atoms with Crippen LogP contribution in [0.3, 0.4) is 0 Å². The highest BCUT2D eigenvalue weighted by molar-refractivity contribution is 7.92. The van der Waals surface area contributed by atoms with Gasteiger partial charge in [0.25, 0.3) is 15.7 Å². The zero-order valence-electron chi connectivity index (χ0n) is 11.2. The molecule has 0 saturated heterocycles. The lowest BCUT2D eigenvalue weighted by Crippen LogP contribution is -2.14. The Morgan fingerprint density at radius 2 is 1.91 bits per heavy atom. The molecule has 6 nitrogen and oxygen atoms in total. The van der Waals surface area contributed by atoms with Crippen LogP contribution < -0.4 is 4.72 Å². The lowest BCUT2D eigenvalue weighted by molar-refractivity contribution is -0.384. The lowest BCUT2D eigenvalue weighted by Gasteiger charge is -2.10. The number of nitro benzene ring substituents is 1. The van der Waals surface area contributed by atoms with Crippen LogP contribution in [0.25, 0.3) is 0 Å². The zero-order chi connectivity index (χ0) is 16.5. The van der Waals surface area contributed by atoms with Crippen LogP contribution in [0, 0.1) is 22.9 Å². The van der Waals surface area contributed by atoms with E-state index in [-0.39, 0.29) is 21.3 Å². The maximum Gasteiger partial charge on any atom is 0.271 e. The third-order valence-corrected chi connectivity index (χ3v) is 4.63. The summed E-state index contributed by atoms with van der Waals surface area (Å²) < 4.78 is 40.2. The van der Waals surface area contributed by atoms with Gasteiger partial charge in [0.1, 0.15) is 10.7 Å².